The molecule has 0 aliphatic carbocycles. The van der Waals surface area contributed by atoms with Crippen LogP contribution < -0.4 is 4.90 Å². The summed E-state index contributed by atoms with van der Waals surface area (Å²) in [5, 5.41) is 0. The lowest BCUT2D eigenvalue weighted by molar-refractivity contribution is 0.250. The normalized spacial score (nSPS) is 15.3. The molecule has 1 aliphatic rings. The van der Waals surface area contributed by atoms with Gasteiger partial charge in [0.2, 0.25) is 0 Å². The minimum Gasteiger partial charge on any atom is -0.369 e. The van der Waals surface area contributed by atoms with Crippen molar-refractivity contribution in [3.63, 3.8) is 0 Å². The van der Waals surface area contributed by atoms with Crippen molar-refractivity contribution in [1.82, 2.24) is 4.90 Å². The van der Waals surface area contributed by atoms with Crippen LogP contribution >= 0.6 is 0 Å². The van der Waals surface area contributed by atoms with E-state index in [0.717, 1.165) is 32.7 Å². The zero-order valence-electron chi connectivity index (χ0n) is 14.5. The summed E-state index contributed by atoms with van der Waals surface area (Å²) in [5.41, 5.74) is 5.34. The lowest BCUT2D eigenvalue weighted by Crippen LogP contribution is -2.45. The SMILES string of the molecule is c1ccc(-c2cccc(CN3CCN(c4ccccc4)CC3)c2)cc1. The molecule has 0 aromatic heterocycles. The number of anilines is 1. The molecule has 0 amide bonds. The van der Waals surface area contributed by atoms with Crippen molar-refractivity contribution in [2.24, 2.45) is 0 Å². The van der Waals surface area contributed by atoms with E-state index < -0.39 is 0 Å². The molecule has 0 N–H and O–H groups in total. The third-order valence-corrected chi connectivity index (χ3v) is 4.93. The van der Waals surface area contributed by atoms with Gasteiger partial charge < -0.3 is 4.90 Å². The fraction of sp³-hybridized carbons (Fsp3) is 0.217. The van der Waals surface area contributed by atoms with Gasteiger partial charge in [0.25, 0.3) is 0 Å². The predicted molar refractivity (Wildman–Crippen MR) is 106 cm³/mol. The zero-order valence-corrected chi connectivity index (χ0v) is 14.5. The van der Waals surface area contributed by atoms with Crippen molar-refractivity contribution in [3.05, 3.63) is 90.5 Å². The third-order valence-electron chi connectivity index (χ3n) is 4.93. The monoisotopic (exact) mass is 328 g/mol. The lowest BCUT2D eigenvalue weighted by Gasteiger charge is -2.36. The highest BCUT2D eigenvalue weighted by Crippen LogP contribution is 2.22. The van der Waals surface area contributed by atoms with Gasteiger partial charge >= 0.3 is 0 Å². The van der Waals surface area contributed by atoms with E-state index in [9.17, 15) is 0 Å². The summed E-state index contributed by atoms with van der Waals surface area (Å²) in [6, 6.07) is 30.3. The first kappa shape index (κ1) is 15.9. The van der Waals surface area contributed by atoms with Crippen LogP contribution in [0.5, 0.6) is 0 Å². The minimum atomic E-state index is 1.03. The van der Waals surface area contributed by atoms with E-state index in [4.69, 9.17) is 0 Å². The summed E-state index contributed by atoms with van der Waals surface area (Å²) in [5.74, 6) is 0. The molecule has 4 rings (SSSR count). The van der Waals surface area contributed by atoms with Gasteiger partial charge in [-0.3, -0.25) is 4.90 Å². The Morgan fingerprint density at radius 2 is 1.24 bits per heavy atom. The molecule has 1 fully saturated rings. The molecule has 0 bridgehead atoms. The number of para-hydroxylation sites is 1. The maximum absolute atomic E-state index is 2.56. The maximum atomic E-state index is 2.56. The molecule has 0 unspecified atom stereocenters. The smallest absolute Gasteiger partial charge is 0.0367 e. The zero-order chi connectivity index (χ0) is 16.9. The van der Waals surface area contributed by atoms with Crippen molar-refractivity contribution < 1.29 is 0 Å². The second-order valence-corrected chi connectivity index (χ2v) is 6.67. The second kappa shape index (κ2) is 7.54. The van der Waals surface area contributed by atoms with Gasteiger partial charge in [0.05, 0.1) is 0 Å². The van der Waals surface area contributed by atoms with E-state index in [1.54, 1.807) is 0 Å². The van der Waals surface area contributed by atoms with Gasteiger partial charge in [-0.2, -0.15) is 0 Å². The van der Waals surface area contributed by atoms with Crippen LogP contribution in [-0.4, -0.2) is 31.1 Å². The van der Waals surface area contributed by atoms with Gasteiger partial charge in [-0.05, 0) is 34.9 Å². The van der Waals surface area contributed by atoms with Crippen molar-refractivity contribution in [2.75, 3.05) is 31.1 Å². The van der Waals surface area contributed by atoms with E-state index >= 15 is 0 Å². The van der Waals surface area contributed by atoms with Crippen LogP contribution in [0.25, 0.3) is 11.1 Å². The van der Waals surface area contributed by atoms with E-state index in [-0.39, 0.29) is 0 Å². The quantitative estimate of drug-likeness (QED) is 0.686. The molecule has 0 saturated carbocycles. The third kappa shape index (κ3) is 3.92. The van der Waals surface area contributed by atoms with E-state index in [2.05, 4.69) is 94.7 Å². The van der Waals surface area contributed by atoms with Gasteiger partial charge in [-0.25, -0.2) is 0 Å². The minimum absolute atomic E-state index is 1.03. The van der Waals surface area contributed by atoms with E-state index in [1.165, 1.54) is 22.4 Å². The molecule has 0 spiro atoms. The van der Waals surface area contributed by atoms with Crippen molar-refractivity contribution in [2.45, 2.75) is 6.54 Å². The highest BCUT2D eigenvalue weighted by molar-refractivity contribution is 5.63. The van der Waals surface area contributed by atoms with Crippen LogP contribution in [0.2, 0.25) is 0 Å². The topological polar surface area (TPSA) is 6.48 Å². The fourth-order valence-corrected chi connectivity index (χ4v) is 3.54. The average Bonchev–Trinajstić information content (AvgIpc) is 2.70. The molecule has 1 saturated heterocycles. The number of piperazine rings is 1. The first-order valence-electron chi connectivity index (χ1n) is 9.05. The van der Waals surface area contributed by atoms with Gasteiger partial charge in [-0.1, -0.05) is 66.7 Å². The molecule has 3 aromatic carbocycles. The molecule has 3 aromatic rings. The molecular weight excluding hydrogens is 304 g/mol. The van der Waals surface area contributed by atoms with E-state index in [1.807, 2.05) is 0 Å². The Morgan fingerprint density at radius 3 is 1.96 bits per heavy atom. The summed E-state index contributed by atoms with van der Waals surface area (Å²) in [4.78, 5) is 5.04. The Bertz CT molecular complexity index is 791. The summed E-state index contributed by atoms with van der Waals surface area (Å²) in [6.45, 7) is 5.46. The van der Waals surface area contributed by atoms with E-state index in [0.29, 0.717) is 0 Å². The lowest BCUT2D eigenvalue weighted by atomic mass is 10.0. The van der Waals surface area contributed by atoms with Crippen LogP contribution in [0.3, 0.4) is 0 Å². The molecule has 0 radical (unpaired) electrons. The molecular formula is C23H24N2. The largest absolute Gasteiger partial charge is 0.369 e. The standard InChI is InChI=1S/C23H24N2/c1-3-9-21(10-4-1)22-11-7-8-20(18-22)19-24-14-16-25(17-15-24)23-12-5-2-6-13-23/h1-13,18H,14-17,19H2. The summed E-state index contributed by atoms with van der Waals surface area (Å²) >= 11 is 0. The number of nitrogens with zero attached hydrogens (tertiary/aromatic N) is 2. The van der Waals surface area contributed by atoms with Crippen LogP contribution in [0, 0.1) is 0 Å². The van der Waals surface area contributed by atoms with Crippen LogP contribution in [0.1, 0.15) is 5.56 Å². The Labute approximate surface area is 150 Å². The number of benzene rings is 3. The Kier molecular flexibility index (Phi) is 4.80. The van der Waals surface area contributed by atoms with Crippen LogP contribution in [0.4, 0.5) is 5.69 Å². The van der Waals surface area contributed by atoms with Crippen molar-refractivity contribution >= 4 is 5.69 Å². The molecule has 0 atom stereocenters. The number of hydrogen-bond acceptors (Lipinski definition) is 2. The summed E-state index contributed by atoms with van der Waals surface area (Å²) in [7, 11) is 0. The summed E-state index contributed by atoms with van der Waals surface area (Å²) < 4.78 is 0. The molecule has 2 heteroatoms. The second-order valence-electron chi connectivity index (χ2n) is 6.67. The summed E-state index contributed by atoms with van der Waals surface area (Å²) in [6.07, 6.45) is 0. The Hall–Kier alpha value is -2.58. The molecule has 1 aliphatic heterocycles. The van der Waals surface area contributed by atoms with Gasteiger partial charge in [0, 0.05) is 38.4 Å². The molecule has 1 heterocycles. The van der Waals surface area contributed by atoms with Crippen LogP contribution in [0.15, 0.2) is 84.9 Å². The van der Waals surface area contributed by atoms with Gasteiger partial charge in [-0.15, -0.1) is 0 Å². The maximum Gasteiger partial charge on any atom is 0.0367 e. The molecule has 2 nitrogen and oxygen atoms in total. The highest BCUT2D eigenvalue weighted by atomic mass is 15.3. The number of rotatable bonds is 4. The first-order valence-corrected chi connectivity index (χ1v) is 9.05. The van der Waals surface area contributed by atoms with Crippen molar-refractivity contribution in [3.8, 4) is 11.1 Å². The Balaban J connectivity index is 1.39. The predicted octanol–water partition coefficient (Wildman–Crippen LogP) is 4.68. The molecule has 25 heavy (non-hydrogen) atoms. The van der Waals surface area contributed by atoms with Gasteiger partial charge in [0.15, 0.2) is 0 Å². The van der Waals surface area contributed by atoms with Crippen molar-refractivity contribution in [1.29, 1.82) is 0 Å². The van der Waals surface area contributed by atoms with Crippen LogP contribution in [-0.2, 0) is 6.54 Å². The number of hydrogen-bond donors (Lipinski definition) is 0. The fourth-order valence-electron chi connectivity index (χ4n) is 3.54. The highest BCUT2D eigenvalue weighted by Gasteiger charge is 2.17. The van der Waals surface area contributed by atoms with Gasteiger partial charge in [0.1, 0.15) is 0 Å². The molecule has 126 valence electrons. The Morgan fingerprint density at radius 1 is 0.600 bits per heavy atom. The average molecular weight is 328 g/mol. The first-order chi connectivity index (χ1) is 12.4.